The summed E-state index contributed by atoms with van der Waals surface area (Å²) in [5.74, 6) is 0. The van der Waals surface area contributed by atoms with Crippen molar-refractivity contribution in [1.29, 1.82) is 0 Å². The van der Waals surface area contributed by atoms with E-state index in [4.69, 9.17) is 12.2 Å². The fourth-order valence-corrected chi connectivity index (χ4v) is 8.20. The average Bonchev–Trinajstić information content (AvgIpc) is 2.61. The van der Waals surface area contributed by atoms with Crippen molar-refractivity contribution in [2.45, 2.75) is 9.89 Å². The molecule has 0 N–H and O–H groups in total. The maximum atomic E-state index is 5.62. The molecule has 2 nitrogen and oxygen atoms in total. The summed E-state index contributed by atoms with van der Waals surface area (Å²) in [6.07, 6.45) is 0. The van der Waals surface area contributed by atoms with Crippen LogP contribution in [0, 0.1) is 0 Å². The van der Waals surface area contributed by atoms with Crippen molar-refractivity contribution in [2.75, 3.05) is 19.0 Å². The summed E-state index contributed by atoms with van der Waals surface area (Å²) >= 11 is 7.64. The Bertz CT molecular complexity index is 521. The van der Waals surface area contributed by atoms with Crippen molar-refractivity contribution in [3.8, 4) is 0 Å². The third-order valence-corrected chi connectivity index (χ3v) is 12.3. The van der Waals surface area contributed by atoms with Gasteiger partial charge in [-0.05, 0) is 23.5 Å². The van der Waals surface area contributed by atoms with Crippen molar-refractivity contribution in [3.05, 3.63) is 6.07 Å². The molecule has 0 aromatic heterocycles. The summed E-state index contributed by atoms with van der Waals surface area (Å²) < 4.78 is 0. The molecule has 0 bridgehead atoms. The number of thiocarbonyl (C=S) groups is 1. The van der Waals surface area contributed by atoms with E-state index in [0.29, 0.717) is 5.00 Å². The quantitative estimate of drug-likeness (QED) is 0.344. The summed E-state index contributed by atoms with van der Waals surface area (Å²) in [5, 5.41) is 5.85. The van der Waals surface area contributed by atoms with Gasteiger partial charge in [-0.1, -0.05) is 10.4 Å². The van der Waals surface area contributed by atoms with Crippen molar-refractivity contribution < 1.29 is 0 Å². The van der Waals surface area contributed by atoms with E-state index in [0.717, 1.165) is 25.6 Å². The zero-order chi connectivity index (χ0) is 13.6. The first-order valence-corrected chi connectivity index (χ1v) is 11.6. The highest BCUT2D eigenvalue weighted by molar-refractivity contribution is 8.01. The fourth-order valence-electron chi connectivity index (χ4n) is 2.31. The molecule has 8 heteroatoms. The van der Waals surface area contributed by atoms with E-state index >= 15 is 0 Å². The highest BCUT2D eigenvalue weighted by atomic mass is 32.2. The zero-order valence-corrected chi connectivity index (χ0v) is 21.5. The van der Waals surface area contributed by atoms with Gasteiger partial charge in [0.15, 0.2) is 5.11 Å². The van der Waals surface area contributed by atoms with Gasteiger partial charge in [-0.2, -0.15) is 0 Å². The Morgan fingerprint density at radius 1 is 1.33 bits per heavy atom. The molecule has 0 radical (unpaired) electrons. The van der Waals surface area contributed by atoms with Gasteiger partial charge < -0.3 is 9.80 Å². The van der Waals surface area contributed by atoms with Crippen LogP contribution >= 0.6 is 24.0 Å². The Labute approximate surface area is 131 Å². The molecule has 1 aliphatic rings. The summed E-state index contributed by atoms with van der Waals surface area (Å²) in [5.41, 5.74) is 1.45. The Kier molecular flexibility index (Phi) is 4.24. The summed E-state index contributed by atoms with van der Waals surface area (Å²) in [4.78, 5) is 6.52. The van der Waals surface area contributed by atoms with Crippen LogP contribution in [0.25, 0.3) is 0 Å². The van der Waals surface area contributed by atoms with Crippen LogP contribution < -0.4 is 20.5 Å². The van der Waals surface area contributed by atoms with Gasteiger partial charge in [0.05, 0.1) is 10.7 Å². The molecule has 18 heavy (non-hydrogen) atoms. The van der Waals surface area contributed by atoms with Gasteiger partial charge in [0.2, 0.25) is 0 Å². The lowest BCUT2D eigenvalue weighted by Gasteiger charge is -2.30. The SMILES string of the molecule is CN(C)C(=S)N1c2c(cc([SiH3])c([SiH3])c2[SiH3])SC1[SiH3]. The van der Waals surface area contributed by atoms with Crippen LogP contribution in [0.15, 0.2) is 11.0 Å². The number of anilines is 1. The van der Waals surface area contributed by atoms with E-state index in [1.807, 2.05) is 11.8 Å². The lowest BCUT2D eigenvalue weighted by Crippen LogP contribution is -2.47. The molecule has 0 fully saturated rings. The zero-order valence-electron chi connectivity index (χ0n) is 11.9. The topological polar surface area (TPSA) is 6.48 Å². The smallest absolute Gasteiger partial charge is 0.176 e. The van der Waals surface area contributed by atoms with Crippen molar-refractivity contribution >= 4 is 91.3 Å². The van der Waals surface area contributed by atoms with Crippen LogP contribution in [0.1, 0.15) is 0 Å². The number of hydrogen-bond donors (Lipinski definition) is 0. The Balaban J connectivity index is 2.58. The molecule has 1 aromatic rings. The van der Waals surface area contributed by atoms with Crippen molar-refractivity contribution in [1.82, 2.24) is 4.90 Å². The molecule has 1 atom stereocenters. The molecule has 1 aromatic carbocycles. The maximum absolute atomic E-state index is 5.62. The van der Waals surface area contributed by atoms with Gasteiger partial charge in [-0.25, -0.2) is 0 Å². The minimum Gasteiger partial charge on any atom is -0.355 e. The molecule has 2 rings (SSSR count). The van der Waals surface area contributed by atoms with Crippen LogP contribution in [0.4, 0.5) is 5.69 Å². The van der Waals surface area contributed by atoms with E-state index < -0.39 is 0 Å². The number of benzene rings is 1. The van der Waals surface area contributed by atoms with Gasteiger partial charge in [0.1, 0.15) is 0 Å². The molecule has 1 aliphatic heterocycles. The van der Waals surface area contributed by atoms with Gasteiger partial charge in [0, 0.05) is 60.0 Å². The molecular formula is C10H20N2S2Si4. The first-order valence-electron chi connectivity index (χ1n) is 6.12. The van der Waals surface area contributed by atoms with Crippen molar-refractivity contribution in [2.24, 2.45) is 0 Å². The third kappa shape index (κ3) is 2.29. The Morgan fingerprint density at radius 3 is 2.50 bits per heavy atom. The third-order valence-electron chi connectivity index (χ3n) is 3.58. The molecule has 0 saturated carbocycles. The molecule has 0 saturated heterocycles. The lowest BCUT2D eigenvalue weighted by atomic mass is 10.3. The molecule has 0 spiro atoms. The molecule has 0 aliphatic carbocycles. The van der Waals surface area contributed by atoms with Crippen molar-refractivity contribution in [3.63, 3.8) is 0 Å². The number of thioether (sulfide) groups is 1. The fraction of sp³-hybridized carbons (Fsp3) is 0.300. The van der Waals surface area contributed by atoms with E-state index in [2.05, 4.69) is 30.0 Å². The van der Waals surface area contributed by atoms with Gasteiger partial charge in [-0.3, -0.25) is 0 Å². The summed E-state index contributed by atoms with van der Waals surface area (Å²) in [6, 6.07) is 2.43. The molecule has 1 heterocycles. The highest BCUT2D eigenvalue weighted by Crippen LogP contribution is 2.40. The second kappa shape index (κ2) is 5.25. The highest BCUT2D eigenvalue weighted by Gasteiger charge is 2.32. The number of fused-ring (bicyclic) bond motifs is 1. The second-order valence-electron chi connectivity index (χ2n) is 5.05. The van der Waals surface area contributed by atoms with Gasteiger partial charge >= 0.3 is 0 Å². The monoisotopic (exact) mass is 344 g/mol. The van der Waals surface area contributed by atoms with Crippen LogP contribution in [-0.2, 0) is 0 Å². The predicted molar refractivity (Wildman–Crippen MR) is 104 cm³/mol. The second-order valence-corrected chi connectivity index (χ2v) is 11.8. The molecular weight excluding hydrogens is 325 g/mol. The van der Waals surface area contributed by atoms with Crippen LogP contribution in [0.2, 0.25) is 0 Å². The maximum Gasteiger partial charge on any atom is 0.176 e. The number of rotatable bonds is 0. The molecule has 0 amide bonds. The summed E-state index contributed by atoms with van der Waals surface area (Å²) in [7, 11) is 8.72. The minimum absolute atomic E-state index is 0.562. The standard InChI is InChI=1S/C10H20N2S2Si4/c1-11(2)9(13)12-6-4(14-10(12)18)3-5(15)7(16)8(6)17/h3,10H,1-2,15-18H3. The van der Waals surface area contributed by atoms with E-state index in [1.54, 1.807) is 15.6 Å². The van der Waals surface area contributed by atoms with Gasteiger partial charge in [-0.15, -0.1) is 11.8 Å². The van der Waals surface area contributed by atoms with E-state index in [1.165, 1.54) is 31.1 Å². The molecule has 1 unspecified atom stereocenters. The number of hydrogen-bond acceptors (Lipinski definition) is 2. The first-order chi connectivity index (χ1) is 8.34. The van der Waals surface area contributed by atoms with E-state index in [9.17, 15) is 0 Å². The Hall–Kier alpha value is 0.128. The predicted octanol–water partition coefficient (Wildman–Crippen LogP) is -4.93. The minimum atomic E-state index is 0.562. The van der Waals surface area contributed by atoms with Crippen LogP contribution in [0.3, 0.4) is 0 Å². The number of nitrogens with zero attached hydrogens (tertiary/aromatic N) is 2. The molecule has 98 valence electrons. The van der Waals surface area contributed by atoms with Crippen LogP contribution in [0.5, 0.6) is 0 Å². The first kappa shape index (κ1) is 14.5. The van der Waals surface area contributed by atoms with Crippen LogP contribution in [-0.4, -0.2) is 70.1 Å². The summed E-state index contributed by atoms with van der Waals surface area (Å²) in [6.45, 7) is 0. The average molecular weight is 345 g/mol. The normalized spacial score (nSPS) is 18.6. The lowest BCUT2D eigenvalue weighted by molar-refractivity contribution is 0.620. The van der Waals surface area contributed by atoms with Gasteiger partial charge in [0.25, 0.3) is 0 Å². The Morgan fingerprint density at radius 2 is 1.94 bits per heavy atom. The van der Waals surface area contributed by atoms with E-state index in [-0.39, 0.29) is 0 Å². The largest absolute Gasteiger partial charge is 0.355 e.